The van der Waals surface area contributed by atoms with E-state index in [0.717, 1.165) is 22.0 Å². The largest absolute Gasteiger partial charge is 0.451 e. The number of nitrogens with one attached hydrogen (secondary N) is 1. The smallest absolute Gasteiger partial charge is 0.291 e. The number of hydrogen-bond acceptors (Lipinski definition) is 5. The normalized spacial score (nSPS) is 11.5. The molecule has 3 heterocycles. The Labute approximate surface area is 184 Å². The van der Waals surface area contributed by atoms with Gasteiger partial charge in [0, 0.05) is 10.9 Å². The highest BCUT2D eigenvalue weighted by molar-refractivity contribution is 6.06. The van der Waals surface area contributed by atoms with Gasteiger partial charge >= 0.3 is 0 Å². The van der Waals surface area contributed by atoms with E-state index in [4.69, 9.17) is 9.15 Å². The summed E-state index contributed by atoms with van der Waals surface area (Å²) in [6.07, 6.45) is 3.39. The lowest BCUT2D eigenvalue weighted by atomic mass is 10.1. The van der Waals surface area contributed by atoms with Gasteiger partial charge < -0.3 is 14.5 Å². The summed E-state index contributed by atoms with van der Waals surface area (Å²) < 4.78 is 13.5. The van der Waals surface area contributed by atoms with Crippen LogP contribution in [0.3, 0.4) is 0 Å². The molecule has 0 saturated carbocycles. The molecule has 1 amide bonds. The number of benzene rings is 2. The maximum absolute atomic E-state index is 13.0. The number of carbonyl (C=O) groups is 1. The molecule has 0 fully saturated rings. The van der Waals surface area contributed by atoms with Gasteiger partial charge in [-0.1, -0.05) is 30.3 Å². The molecule has 2 aromatic carbocycles. The number of rotatable bonds is 6. The number of ether oxygens (including phenoxy) is 1. The number of nitrogens with zero attached hydrogens (tertiary/aromatic N) is 3. The third-order valence-electron chi connectivity index (χ3n) is 5.17. The van der Waals surface area contributed by atoms with Gasteiger partial charge in [0.2, 0.25) is 0 Å². The molecule has 7 nitrogen and oxygen atoms in total. The van der Waals surface area contributed by atoms with Gasteiger partial charge in [-0.15, -0.1) is 0 Å². The van der Waals surface area contributed by atoms with Crippen LogP contribution in [0, 0.1) is 0 Å². The zero-order chi connectivity index (χ0) is 22.1. The van der Waals surface area contributed by atoms with E-state index >= 15 is 0 Å². The Kier molecular flexibility index (Phi) is 5.17. The highest BCUT2D eigenvalue weighted by Crippen LogP contribution is 2.28. The van der Waals surface area contributed by atoms with Crippen molar-refractivity contribution in [2.24, 2.45) is 0 Å². The summed E-state index contributed by atoms with van der Waals surface area (Å²) in [6.45, 7) is 4.21. The van der Waals surface area contributed by atoms with Crippen molar-refractivity contribution < 1.29 is 13.9 Å². The Balaban J connectivity index is 1.40. The average molecular weight is 426 g/mol. The van der Waals surface area contributed by atoms with Crippen molar-refractivity contribution in [3.05, 3.63) is 84.5 Å². The average Bonchev–Trinajstić information content (AvgIpc) is 3.40. The summed E-state index contributed by atoms with van der Waals surface area (Å²) >= 11 is 0. The molecular weight excluding hydrogens is 404 g/mol. The number of carbonyl (C=O) groups excluding carboxylic acids is 1. The molecule has 5 rings (SSSR count). The topological polar surface area (TPSA) is 82.2 Å². The molecule has 160 valence electrons. The van der Waals surface area contributed by atoms with Crippen molar-refractivity contribution in [1.29, 1.82) is 0 Å². The number of amides is 1. The van der Waals surface area contributed by atoms with Crippen molar-refractivity contribution in [2.75, 3.05) is 5.32 Å². The number of aromatic nitrogens is 3. The van der Waals surface area contributed by atoms with Crippen molar-refractivity contribution in [1.82, 2.24) is 14.5 Å². The second kappa shape index (κ2) is 8.28. The van der Waals surface area contributed by atoms with Crippen LogP contribution in [0.15, 0.2) is 77.6 Å². The molecule has 0 aliphatic rings. The van der Waals surface area contributed by atoms with Crippen LogP contribution in [0.5, 0.6) is 0 Å². The second-order valence-electron chi connectivity index (χ2n) is 7.73. The molecule has 0 spiro atoms. The number of para-hydroxylation sites is 3. The lowest BCUT2D eigenvalue weighted by Gasteiger charge is -2.09. The van der Waals surface area contributed by atoms with Crippen LogP contribution >= 0.6 is 0 Å². The lowest BCUT2D eigenvalue weighted by Crippen LogP contribution is -2.14. The fourth-order valence-electron chi connectivity index (χ4n) is 3.61. The van der Waals surface area contributed by atoms with Crippen LogP contribution in [0.1, 0.15) is 30.0 Å². The maximum Gasteiger partial charge on any atom is 0.291 e. The van der Waals surface area contributed by atoms with Gasteiger partial charge in [-0.2, -0.15) is 0 Å². The first-order valence-corrected chi connectivity index (χ1v) is 10.4. The standard InChI is InChI=1S/C25H22N4O3/c1-16(2)31-14-19-18-7-3-6-10-22(18)32-24(19)25(30)28-17-11-12-23(26-13-17)29-15-27-20-8-4-5-9-21(20)29/h3-13,15-16H,14H2,1-2H3,(H,28,30). The maximum atomic E-state index is 13.0. The van der Waals surface area contributed by atoms with Crippen LogP contribution in [-0.4, -0.2) is 26.5 Å². The van der Waals surface area contributed by atoms with Crippen LogP contribution in [0.25, 0.3) is 27.8 Å². The van der Waals surface area contributed by atoms with E-state index < -0.39 is 0 Å². The van der Waals surface area contributed by atoms with Gasteiger partial charge in [0.05, 0.1) is 35.6 Å². The van der Waals surface area contributed by atoms with E-state index in [1.54, 1.807) is 12.5 Å². The van der Waals surface area contributed by atoms with Gasteiger partial charge in [-0.25, -0.2) is 9.97 Å². The van der Waals surface area contributed by atoms with Crippen LogP contribution in [-0.2, 0) is 11.3 Å². The van der Waals surface area contributed by atoms with E-state index in [0.29, 0.717) is 23.7 Å². The van der Waals surface area contributed by atoms with E-state index in [2.05, 4.69) is 15.3 Å². The molecule has 0 bridgehead atoms. The number of anilines is 1. The van der Waals surface area contributed by atoms with Crippen LogP contribution in [0.4, 0.5) is 5.69 Å². The predicted molar refractivity (Wildman–Crippen MR) is 123 cm³/mol. The Bertz CT molecular complexity index is 1400. The first-order valence-electron chi connectivity index (χ1n) is 10.4. The third-order valence-corrected chi connectivity index (χ3v) is 5.17. The van der Waals surface area contributed by atoms with E-state index in [9.17, 15) is 4.79 Å². The second-order valence-corrected chi connectivity index (χ2v) is 7.73. The number of pyridine rings is 1. The van der Waals surface area contributed by atoms with Crippen molar-refractivity contribution >= 4 is 33.6 Å². The summed E-state index contributed by atoms with van der Waals surface area (Å²) in [5, 5.41) is 3.76. The van der Waals surface area contributed by atoms with Crippen LogP contribution in [0.2, 0.25) is 0 Å². The summed E-state index contributed by atoms with van der Waals surface area (Å²) in [7, 11) is 0. The van der Waals surface area contributed by atoms with E-state index in [1.807, 2.05) is 79.1 Å². The van der Waals surface area contributed by atoms with Gasteiger partial charge in [0.1, 0.15) is 17.7 Å². The molecule has 0 aliphatic heterocycles. The zero-order valence-electron chi connectivity index (χ0n) is 17.8. The Morgan fingerprint density at radius 2 is 1.88 bits per heavy atom. The minimum Gasteiger partial charge on any atom is -0.451 e. The minimum atomic E-state index is -0.341. The first-order chi connectivity index (χ1) is 15.6. The zero-order valence-corrected chi connectivity index (χ0v) is 17.8. The molecule has 0 saturated heterocycles. The fraction of sp³-hybridized carbons (Fsp3) is 0.160. The molecule has 3 aromatic heterocycles. The van der Waals surface area contributed by atoms with Crippen molar-refractivity contribution in [3.63, 3.8) is 0 Å². The molecule has 0 aliphatic carbocycles. The number of hydrogen-bond donors (Lipinski definition) is 1. The Morgan fingerprint density at radius 3 is 2.69 bits per heavy atom. The number of imidazole rings is 1. The van der Waals surface area contributed by atoms with E-state index in [1.165, 1.54) is 0 Å². The Hall–Kier alpha value is -3.97. The van der Waals surface area contributed by atoms with Gasteiger partial charge in [-0.3, -0.25) is 9.36 Å². The summed E-state index contributed by atoms with van der Waals surface area (Å²) in [6, 6.07) is 19.1. The van der Waals surface area contributed by atoms with Crippen molar-refractivity contribution in [3.8, 4) is 5.82 Å². The van der Waals surface area contributed by atoms with Gasteiger partial charge in [0.15, 0.2) is 5.76 Å². The molecule has 5 aromatic rings. The minimum absolute atomic E-state index is 0.0376. The molecule has 32 heavy (non-hydrogen) atoms. The highest BCUT2D eigenvalue weighted by Gasteiger charge is 2.21. The van der Waals surface area contributed by atoms with Crippen molar-refractivity contribution in [2.45, 2.75) is 26.6 Å². The van der Waals surface area contributed by atoms with E-state index in [-0.39, 0.29) is 17.8 Å². The highest BCUT2D eigenvalue weighted by atomic mass is 16.5. The Morgan fingerprint density at radius 1 is 1.06 bits per heavy atom. The molecule has 0 unspecified atom stereocenters. The predicted octanol–water partition coefficient (Wildman–Crippen LogP) is 5.34. The molecular formula is C25H22N4O3. The number of fused-ring (bicyclic) bond motifs is 2. The molecule has 0 radical (unpaired) electrons. The molecule has 7 heteroatoms. The first kappa shape index (κ1) is 20.0. The van der Waals surface area contributed by atoms with Crippen LogP contribution < -0.4 is 5.32 Å². The monoisotopic (exact) mass is 426 g/mol. The fourth-order valence-corrected chi connectivity index (χ4v) is 3.61. The number of furan rings is 1. The van der Waals surface area contributed by atoms with Gasteiger partial charge in [0.25, 0.3) is 5.91 Å². The SMILES string of the molecule is CC(C)OCc1c(C(=O)Nc2ccc(-n3cnc4ccccc43)nc2)oc2ccccc12. The summed E-state index contributed by atoms with van der Waals surface area (Å²) in [5.41, 5.74) is 3.82. The summed E-state index contributed by atoms with van der Waals surface area (Å²) in [5.74, 6) is 0.620. The quantitative estimate of drug-likeness (QED) is 0.396. The lowest BCUT2D eigenvalue weighted by molar-refractivity contribution is 0.0648. The molecule has 1 N–H and O–H groups in total. The molecule has 0 atom stereocenters. The third kappa shape index (κ3) is 3.74. The van der Waals surface area contributed by atoms with Gasteiger partial charge in [-0.05, 0) is 44.2 Å². The summed E-state index contributed by atoms with van der Waals surface area (Å²) in [4.78, 5) is 21.9.